The van der Waals surface area contributed by atoms with E-state index in [2.05, 4.69) is 4.98 Å². The largest absolute Gasteiger partial charge is 0.493 e. The first kappa shape index (κ1) is 16.9. The molecule has 0 radical (unpaired) electrons. The second-order valence-electron chi connectivity index (χ2n) is 6.03. The maximum Gasteiger partial charge on any atom is 0.326 e. The summed E-state index contributed by atoms with van der Waals surface area (Å²) in [7, 11) is 0. The monoisotopic (exact) mass is 347 g/mol. The molecule has 1 saturated heterocycles. The van der Waals surface area contributed by atoms with Crippen LogP contribution in [-0.2, 0) is 0 Å². The average molecular weight is 347 g/mol. The van der Waals surface area contributed by atoms with Crippen molar-refractivity contribution < 1.29 is 13.9 Å². The first-order valence-corrected chi connectivity index (χ1v) is 8.02. The third-order valence-corrected chi connectivity index (χ3v) is 4.10. The summed E-state index contributed by atoms with van der Waals surface area (Å²) in [6.07, 6.45) is 1.70. The second kappa shape index (κ2) is 7.33. The predicted molar refractivity (Wildman–Crippen MR) is 88.2 cm³/mol. The van der Waals surface area contributed by atoms with Gasteiger partial charge < -0.3 is 14.6 Å². The number of benzene rings is 1. The fourth-order valence-electron chi connectivity index (χ4n) is 2.88. The van der Waals surface area contributed by atoms with Crippen molar-refractivity contribution in [3.05, 3.63) is 62.7 Å². The Labute approximate surface area is 142 Å². The zero-order valence-corrected chi connectivity index (χ0v) is 13.5. The molecule has 0 aliphatic carbocycles. The molecule has 1 aromatic heterocycles. The van der Waals surface area contributed by atoms with Gasteiger partial charge in [-0.25, -0.2) is 9.18 Å². The highest BCUT2D eigenvalue weighted by Crippen LogP contribution is 2.20. The summed E-state index contributed by atoms with van der Waals surface area (Å²) in [6, 6.07) is 6.86. The summed E-state index contributed by atoms with van der Waals surface area (Å²) in [5.74, 6) is -0.0106. The topological polar surface area (TPSA) is 95.3 Å². The van der Waals surface area contributed by atoms with E-state index in [4.69, 9.17) is 4.74 Å². The van der Waals surface area contributed by atoms with Crippen molar-refractivity contribution in [1.29, 1.82) is 0 Å². The Hall–Kier alpha value is -2.90. The van der Waals surface area contributed by atoms with E-state index in [-0.39, 0.29) is 23.3 Å². The normalized spacial score (nSPS) is 17.3. The van der Waals surface area contributed by atoms with Crippen LogP contribution in [0.15, 0.2) is 39.9 Å². The van der Waals surface area contributed by atoms with E-state index < -0.39 is 11.2 Å². The Morgan fingerprint density at radius 1 is 1.24 bits per heavy atom. The van der Waals surface area contributed by atoms with Crippen LogP contribution in [0.3, 0.4) is 0 Å². The van der Waals surface area contributed by atoms with Crippen LogP contribution in [-0.4, -0.2) is 40.5 Å². The van der Waals surface area contributed by atoms with Crippen molar-refractivity contribution in [3.8, 4) is 5.75 Å². The van der Waals surface area contributed by atoms with Gasteiger partial charge in [0.2, 0.25) is 0 Å². The lowest BCUT2D eigenvalue weighted by Crippen LogP contribution is -2.43. The number of halogens is 1. The van der Waals surface area contributed by atoms with E-state index in [0.717, 1.165) is 18.9 Å². The van der Waals surface area contributed by atoms with Crippen LogP contribution in [0.25, 0.3) is 0 Å². The number of carbonyl (C=O) groups excluding carboxylic acids is 1. The molecule has 25 heavy (non-hydrogen) atoms. The van der Waals surface area contributed by atoms with Crippen LogP contribution >= 0.6 is 0 Å². The molecule has 132 valence electrons. The van der Waals surface area contributed by atoms with Gasteiger partial charge in [0.25, 0.3) is 11.5 Å². The Kier molecular flexibility index (Phi) is 4.97. The molecule has 2 heterocycles. The Balaban J connectivity index is 1.62. The third kappa shape index (κ3) is 4.34. The van der Waals surface area contributed by atoms with Crippen molar-refractivity contribution in [2.24, 2.45) is 5.92 Å². The molecule has 7 nitrogen and oxygen atoms in total. The van der Waals surface area contributed by atoms with Gasteiger partial charge in [-0.15, -0.1) is 0 Å². The van der Waals surface area contributed by atoms with Gasteiger partial charge in [0.15, 0.2) is 0 Å². The Bertz CT molecular complexity index is 831. The quantitative estimate of drug-likeness (QED) is 0.867. The van der Waals surface area contributed by atoms with Crippen LogP contribution in [0.5, 0.6) is 5.75 Å². The molecule has 0 spiro atoms. The number of nitrogens with one attached hydrogen (secondary N) is 2. The minimum Gasteiger partial charge on any atom is -0.493 e. The highest BCUT2D eigenvalue weighted by Gasteiger charge is 2.25. The summed E-state index contributed by atoms with van der Waals surface area (Å²) in [6.45, 7) is 1.43. The number of hydrogen-bond acceptors (Lipinski definition) is 4. The molecule has 2 aromatic rings. The molecule has 0 saturated carbocycles. The summed E-state index contributed by atoms with van der Waals surface area (Å²) < 4.78 is 18.5. The predicted octanol–water partition coefficient (Wildman–Crippen LogP) is 1.13. The van der Waals surface area contributed by atoms with Gasteiger partial charge in [-0.05, 0) is 37.1 Å². The maximum absolute atomic E-state index is 12.9. The zero-order valence-electron chi connectivity index (χ0n) is 13.5. The summed E-state index contributed by atoms with van der Waals surface area (Å²) in [4.78, 5) is 41.1. The molecular formula is C17H18FN3O4. The molecule has 3 rings (SSSR count). The van der Waals surface area contributed by atoms with Crippen LogP contribution in [0.1, 0.15) is 23.3 Å². The molecule has 1 amide bonds. The first-order chi connectivity index (χ1) is 12.0. The van der Waals surface area contributed by atoms with Crippen molar-refractivity contribution in [2.75, 3.05) is 19.7 Å². The number of ether oxygens (including phenoxy) is 1. The number of amides is 1. The first-order valence-electron chi connectivity index (χ1n) is 8.02. The van der Waals surface area contributed by atoms with E-state index in [1.165, 1.54) is 12.1 Å². The lowest BCUT2D eigenvalue weighted by atomic mass is 9.98. The van der Waals surface area contributed by atoms with Gasteiger partial charge >= 0.3 is 5.69 Å². The third-order valence-electron chi connectivity index (χ3n) is 4.10. The molecule has 1 atom stereocenters. The van der Waals surface area contributed by atoms with Crippen LogP contribution in [0, 0.1) is 11.7 Å². The smallest absolute Gasteiger partial charge is 0.326 e. The number of carbonyl (C=O) groups is 1. The highest BCUT2D eigenvalue weighted by atomic mass is 19.1. The van der Waals surface area contributed by atoms with E-state index >= 15 is 0 Å². The van der Waals surface area contributed by atoms with Crippen molar-refractivity contribution >= 4 is 5.91 Å². The van der Waals surface area contributed by atoms with Gasteiger partial charge in [0.1, 0.15) is 17.3 Å². The van der Waals surface area contributed by atoms with E-state index in [9.17, 15) is 18.8 Å². The van der Waals surface area contributed by atoms with Crippen molar-refractivity contribution in [3.63, 3.8) is 0 Å². The summed E-state index contributed by atoms with van der Waals surface area (Å²) >= 11 is 0. The Morgan fingerprint density at radius 2 is 2.00 bits per heavy atom. The molecule has 1 aliphatic heterocycles. The lowest BCUT2D eigenvalue weighted by Gasteiger charge is -2.32. The number of likely N-dealkylation sites (tertiary alicyclic amines) is 1. The molecule has 0 bridgehead atoms. The van der Waals surface area contributed by atoms with E-state index in [1.54, 1.807) is 17.0 Å². The van der Waals surface area contributed by atoms with E-state index in [1.807, 2.05) is 4.98 Å². The maximum atomic E-state index is 12.9. The molecule has 2 N–H and O–H groups in total. The minimum atomic E-state index is -0.705. The minimum absolute atomic E-state index is 0.0196. The van der Waals surface area contributed by atoms with Gasteiger partial charge in [-0.3, -0.25) is 14.6 Å². The fraction of sp³-hybridized carbons (Fsp3) is 0.353. The number of H-pyrrole nitrogens is 2. The Morgan fingerprint density at radius 3 is 2.72 bits per heavy atom. The molecule has 1 aliphatic rings. The van der Waals surface area contributed by atoms with Crippen LogP contribution < -0.4 is 16.0 Å². The van der Waals surface area contributed by atoms with Gasteiger partial charge in [-0.2, -0.15) is 0 Å². The van der Waals surface area contributed by atoms with Crippen molar-refractivity contribution in [2.45, 2.75) is 12.8 Å². The van der Waals surface area contributed by atoms with Crippen molar-refractivity contribution in [1.82, 2.24) is 14.9 Å². The number of aromatic amines is 2. The molecule has 8 heteroatoms. The molecule has 1 aromatic carbocycles. The fourth-order valence-corrected chi connectivity index (χ4v) is 2.88. The lowest BCUT2D eigenvalue weighted by molar-refractivity contribution is 0.0627. The number of rotatable bonds is 4. The van der Waals surface area contributed by atoms with Gasteiger partial charge in [-0.1, -0.05) is 0 Å². The van der Waals surface area contributed by atoms with Gasteiger partial charge in [0, 0.05) is 25.1 Å². The standard InChI is InChI=1S/C17H18FN3O4/c18-12-3-5-13(6-4-12)25-10-11-2-1-7-21(9-11)16(23)14-8-15(22)20-17(24)19-14/h3-6,8,11H,1-2,7,9-10H2,(H2,19,20,22,24)/t11-/m0/s1. The molecule has 1 fully saturated rings. The summed E-state index contributed by atoms with van der Waals surface area (Å²) in [5, 5.41) is 0. The highest BCUT2D eigenvalue weighted by molar-refractivity contribution is 5.92. The van der Waals surface area contributed by atoms with Crippen LogP contribution in [0.4, 0.5) is 4.39 Å². The number of piperidine rings is 1. The zero-order chi connectivity index (χ0) is 17.8. The second-order valence-corrected chi connectivity index (χ2v) is 6.03. The van der Waals surface area contributed by atoms with E-state index in [0.29, 0.717) is 25.4 Å². The number of aromatic nitrogens is 2. The van der Waals surface area contributed by atoms with Gasteiger partial charge in [0.05, 0.1) is 6.61 Å². The average Bonchev–Trinajstić information content (AvgIpc) is 2.60. The number of nitrogens with zero attached hydrogens (tertiary/aromatic N) is 1. The number of hydrogen-bond donors (Lipinski definition) is 2. The molecular weight excluding hydrogens is 329 g/mol. The summed E-state index contributed by atoms with van der Waals surface area (Å²) in [5.41, 5.74) is -1.33. The molecule has 0 unspecified atom stereocenters. The SMILES string of the molecule is O=C(c1cc(=O)[nH]c(=O)[nH]1)N1CCC[C@H](COc2ccc(F)cc2)C1. The van der Waals surface area contributed by atoms with Crippen LogP contribution in [0.2, 0.25) is 0 Å².